The molecule has 5 nitrogen and oxygen atoms in total. The smallest absolute Gasteiger partial charge is 0.270 e. The molecule has 0 aliphatic heterocycles. The zero-order chi connectivity index (χ0) is 12.8. The molecule has 1 N–H and O–H groups in total. The zero-order valence-corrected chi connectivity index (χ0v) is 9.68. The van der Waals surface area contributed by atoms with Crippen LogP contribution in [0.2, 0.25) is 0 Å². The van der Waals surface area contributed by atoms with Crippen LogP contribution < -0.4 is 4.74 Å². The summed E-state index contributed by atoms with van der Waals surface area (Å²) in [7, 11) is 0. The lowest BCUT2D eigenvalue weighted by molar-refractivity contribution is -0.385. The van der Waals surface area contributed by atoms with Gasteiger partial charge in [0.15, 0.2) is 0 Å². The normalized spacial score (nSPS) is 10.0. The maximum absolute atomic E-state index is 10.6. The summed E-state index contributed by atoms with van der Waals surface area (Å²) in [5.41, 5.74) is 1.27. The van der Waals surface area contributed by atoms with E-state index in [1.54, 1.807) is 0 Å². The molecule has 0 fully saturated rings. The van der Waals surface area contributed by atoms with E-state index in [0.29, 0.717) is 17.9 Å². The van der Waals surface area contributed by atoms with Crippen molar-refractivity contribution in [2.45, 2.75) is 20.0 Å². The van der Waals surface area contributed by atoms with Gasteiger partial charge in [0.05, 0.1) is 11.5 Å². The summed E-state index contributed by atoms with van der Waals surface area (Å²) in [5, 5.41) is 19.7. The van der Waals surface area contributed by atoms with Crippen LogP contribution in [0.15, 0.2) is 30.4 Å². The molecule has 1 aromatic carbocycles. The number of hydrogen-bond acceptors (Lipinski definition) is 4. The molecule has 0 saturated heterocycles. The topological polar surface area (TPSA) is 72.6 Å². The molecule has 0 heterocycles. The van der Waals surface area contributed by atoms with Crippen molar-refractivity contribution in [1.29, 1.82) is 0 Å². The van der Waals surface area contributed by atoms with Gasteiger partial charge < -0.3 is 9.84 Å². The van der Waals surface area contributed by atoms with E-state index in [4.69, 9.17) is 9.84 Å². The number of nitro groups is 1. The Labute approximate surface area is 99.5 Å². The average molecular weight is 237 g/mol. The third-order valence-corrected chi connectivity index (χ3v) is 2.36. The molecule has 5 heteroatoms. The number of ether oxygens (including phenoxy) is 1. The number of nitro benzene ring substituents is 1. The van der Waals surface area contributed by atoms with Gasteiger partial charge in [0, 0.05) is 17.7 Å². The molecule has 1 rings (SSSR count). The zero-order valence-electron chi connectivity index (χ0n) is 9.68. The predicted molar refractivity (Wildman–Crippen MR) is 63.9 cm³/mol. The van der Waals surface area contributed by atoms with Gasteiger partial charge in [-0.1, -0.05) is 13.5 Å². The summed E-state index contributed by atoms with van der Waals surface area (Å²) in [6.07, 6.45) is 0.807. The molecule has 0 unspecified atom stereocenters. The standard InChI is InChI=1S/C12H15NO4/c1-3-9(2)8-17-12-5-4-11(13(15)16)6-10(12)7-14/h4-6,14H,2-3,7-8H2,1H3. The minimum atomic E-state index is -0.506. The quantitative estimate of drug-likeness (QED) is 0.468. The first-order valence-corrected chi connectivity index (χ1v) is 5.26. The van der Waals surface area contributed by atoms with Gasteiger partial charge in [-0.05, 0) is 18.1 Å². The molecule has 0 aliphatic rings. The van der Waals surface area contributed by atoms with Crippen molar-refractivity contribution in [3.05, 3.63) is 46.0 Å². The third kappa shape index (κ3) is 3.57. The van der Waals surface area contributed by atoms with Gasteiger partial charge in [-0.2, -0.15) is 0 Å². The minimum absolute atomic E-state index is 0.0595. The van der Waals surface area contributed by atoms with Crippen molar-refractivity contribution >= 4 is 5.69 Å². The Morgan fingerprint density at radius 3 is 2.82 bits per heavy atom. The first kappa shape index (κ1) is 13.2. The number of aliphatic hydroxyl groups excluding tert-OH is 1. The SMILES string of the molecule is C=C(CC)COc1ccc([N+](=O)[O-])cc1CO. The Balaban J connectivity index is 2.85. The van der Waals surface area contributed by atoms with Crippen LogP contribution in [0.1, 0.15) is 18.9 Å². The molecule has 1 aromatic rings. The maximum atomic E-state index is 10.6. The summed E-state index contributed by atoms with van der Waals surface area (Å²) in [6, 6.07) is 4.15. The number of non-ortho nitro benzene ring substituents is 1. The van der Waals surface area contributed by atoms with Crippen LogP contribution in [0.5, 0.6) is 5.75 Å². The van der Waals surface area contributed by atoms with Gasteiger partial charge in [0.1, 0.15) is 12.4 Å². The number of aliphatic hydroxyl groups is 1. The van der Waals surface area contributed by atoms with Crippen LogP contribution in [0.4, 0.5) is 5.69 Å². The summed E-state index contributed by atoms with van der Waals surface area (Å²) < 4.78 is 5.43. The van der Waals surface area contributed by atoms with Crippen LogP contribution in [0.3, 0.4) is 0 Å². The Morgan fingerprint density at radius 2 is 2.29 bits per heavy atom. The van der Waals surface area contributed by atoms with E-state index in [1.807, 2.05) is 6.92 Å². The minimum Gasteiger partial charge on any atom is -0.489 e. The molecule has 0 spiro atoms. The first-order chi connectivity index (χ1) is 8.08. The Morgan fingerprint density at radius 1 is 1.59 bits per heavy atom. The fraction of sp³-hybridized carbons (Fsp3) is 0.333. The molecule has 0 saturated carbocycles. The van der Waals surface area contributed by atoms with Crippen LogP contribution >= 0.6 is 0 Å². The Hall–Kier alpha value is -1.88. The second-order valence-corrected chi connectivity index (χ2v) is 3.60. The van der Waals surface area contributed by atoms with E-state index < -0.39 is 4.92 Å². The van der Waals surface area contributed by atoms with E-state index in [-0.39, 0.29) is 12.3 Å². The molecule has 92 valence electrons. The molecule has 17 heavy (non-hydrogen) atoms. The summed E-state index contributed by atoms with van der Waals surface area (Å²) in [6.45, 7) is 5.81. The lowest BCUT2D eigenvalue weighted by Gasteiger charge is -2.10. The Kier molecular flexibility index (Phi) is 4.66. The number of hydrogen-bond donors (Lipinski definition) is 1. The number of rotatable bonds is 6. The molecule has 0 aromatic heterocycles. The molecule has 0 radical (unpaired) electrons. The second-order valence-electron chi connectivity index (χ2n) is 3.60. The molecular weight excluding hydrogens is 222 g/mol. The second kappa shape index (κ2) is 6.00. The fourth-order valence-electron chi connectivity index (χ4n) is 1.23. The van der Waals surface area contributed by atoms with Gasteiger partial charge >= 0.3 is 0 Å². The van der Waals surface area contributed by atoms with Crippen LogP contribution in [-0.2, 0) is 6.61 Å². The van der Waals surface area contributed by atoms with Crippen molar-refractivity contribution in [3.8, 4) is 5.75 Å². The van der Waals surface area contributed by atoms with Crippen molar-refractivity contribution in [1.82, 2.24) is 0 Å². The van der Waals surface area contributed by atoms with Gasteiger partial charge in [0.25, 0.3) is 5.69 Å². The van der Waals surface area contributed by atoms with Gasteiger partial charge in [-0.25, -0.2) is 0 Å². The molecule has 0 atom stereocenters. The van der Waals surface area contributed by atoms with E-state index in [2.05, 4.69) is 6.58 Å². The lowest BCUT2D eigenvalue weighted by atomic mass is 10.2. The number of nitrogens with zero attached hydrogens (tertiary/aromatic N) is 1. The van der Waals surface area contributed by atoms with Crippen molar-refractivity contribution in [2.75, 3.05) is 6.61 Å². The highest BCUT2D eigenvalue weighted by Gasteiger charge is 2.11. The van der Waals surface area contributed by atoms with Gasteiger partial charge in [-0.3, -0.25) is 10.1 Å². The van der Waals surface area contributed by atoms with Gasteiger partial charge in [-0.15, -0.1) is 0 Å². The largest absolute Gasteiger partial charge is 0.489 e. The first-order valence-electron chi connectivity index (χ1n) is 5.26. The summed E-state index contributed by atoms with van der Waals surface area (Å²) in [5.74, 6) is 0.452. The van der Waals surface area contributed by atoms with Crippen molar-refractivity contribution < 1.29 is 14.8 Å². The molecular formula is C12H15NO4. The average Bonchev–Trinajstić information content (AvgIpc) is 2.35. The highest BCUT2D eigenvalue weighted by molar-refractivity contribution is 5.43. The monoisotopic (exact) mass is 237 g/mol. The van der Waals surface area contributed by atoms with Crippen LogP contribution in [0.25, 0.3) is 0 Å². The Bertz CT molecular complexity index is 429. The van der Waals surface area contributed by atoms with E-state index >= 15 is 0 Å². The molecule has 0 amide bonds. The predicted octanol–water partition coefficient (Wildman–Crippen LogP) is 2.43. The highest BCUT2D eigenvalue weighted by Crippen LogP contribution is 2.24. The van der Waals surface area contributed by atoms with E-state index in [1.165, 1.54) is 18.2 Å². The maximum Gasteiger partial charge on any atom is 0.270 e. The molecule has 0 bridgehead atoms. The summed E-state index contributed by atoms with van der Waals surface area (Å²) in [4.78, 5) is 10.1. The van der Waals surface area contributed by atoms with Crippen molar-refractivity contribution in [2.24, 2.45) is 0 Å². The number of benzene rings is 1. The fourth-order valence-corrected chi connectivity index (χ4v) is 1.23. The van der Waals surface area contributed by atoms with Crippen molar-refractivity contribution in [3.63, 3.8) is 0 Å². The molecule has 0 aliphatic carbocycles. The van der Waals surface area contributed by atoms with Crippen LogP contribution in [-0.4, -0.2) is 16.6 Å². The summed E-state index contributed by atoms with van der Waals surface area (Å²) >= 11 is 0. The van der Waals surface area contributed by atoms with E-state index in [0.717, 1.165) is 12.0 Å². The lowest BCUT2D eigenvalue weighted by Crippen LogP contribution is -2.02. The third-order valence-electron chi connectivity index (χ3n) is 2.36. The van der Waals surface area contributed by atoms with E-state index in [9.17, 15) is 10.1 Å². The van der Waals surface area contributed by atoms with Crippen LogP contribution in [0, 0.1) is 10.1 Å². The van der Waals surface area contributed by atoms with Gasteiger partial charge in [0.2, 0.25) is 0 Å². The highest BCUT2D eigenvalue weighted by atomic mass is 16.6.